The first kappa shape index (κ1) is 11.9. The summed E-state index contributed by atoms with van der Waals surface area (Å²) in [6.07, 6.45) is 3.62. The molecule has 0 saturated heterocycles. The van der Waals surface area contributed by atoms with Gasteiger partial charge in [-0.3, -0.25) is 4.68 Å². The Morgan fingerprint density at radius 1 is 1.47 bits per heavy atom. The molecule has 0 fully saturated rings. The van der Waals surface area contributed by atoms with Crippen molar-refractivity contribution in [3.05, 3.63) is 47.2 Å². The second-order valence-electron chi connectivity index (χ2n) is 4.20. The first-order valence-corrected chi connectivity index (χ1v) is 6.60. The number of carboxylic acids is 1. The second-order valence-corrected chi connectivity index (χ2v) is 5.26. The van der Waals surface area contributed by atoms with Crippen molar-refractivity contribution in [2.75, 3.05) is 0 Å². The summed E-state index contributed by atoms with van der Waals surface area (Å²) in [7, 11) is 0. The number of fused-ring (bicyclic) bond motifs is 1. The van der Waals surface area contributed by atoms with Crippen LogP contribution >= 0.6 is 11.3 Å². The quantitative estimate of drug-likeness (QED) is 0.796. The molecule has 3 rings (SSSR count). The number of carbonyl (C=O) groups is 1. The van der Waals surface area contributed by atoms with E-state index in [1.807, 2.05) is 23.9 Å². The standard InChI is InChI=1S/C13H11N3O2S/c1-8(16-6-2-5-14-16)12-15-10-4-3-9(13(17)18)7-11(10)19-12/h2-8H,1H3,(H,17,18). The molecule has 2 heterocycles. The molecule has 0 aliphatic heterocycles. The van der Waals surface area contributed by atoms with Gasteiger partial charge in [-0.15, -0.1) is 11.3 Å². The average molecular weight is 273 g/mol. The molecule has 2 aromatic heterocycles. The molecule has 1 aromatic carbocycles. The van der Waals surface area contributed by atoms with E-state index in [0.717, 1.165) is 15.2 Å². The smallest absolute Gasteiger partial charge is 0.335 e. The van der Waals surface area contributed by atoms with Crippen molar-refractivity contribution in [2.24, 2.45) is 0 Å². The van der Waals surface area contributed by atoms with Gasteiger partial charge in [0.05, 0.1) is 15.8 Å². The van der Waals surface area contributed by atoms with E-state index in [-0.39, 0.29) is 11.6 Å². The maximum atomic E-state index is 10.9. The molecule has 0 amide bonds. The molecule has 6 heteroatoms. The highest BCUT2D eigenvalue weighted by atomic mass is 32.1. The number of thiazole rings is 1. The molecule has 0 saturated carbocycles. The lowest BCUT2D eigenvalue weighted by atomic mass is 10.2. The summed E-state index contributed by atoms with van der Waals surface area (Å²) < 4.78 is 2.71. The Balaban J connectivity index is 2.04. The van der Waals surface area contributed by atoms with Crippen molar-refractivity contribution in [3.63, 3.8) is 0 Å². The Bertz CT molecular complexity index is 734. The van der Waals surface area contributed by atoms with Crippen molar-refractivity contribution in [1.29, 1.82) is 0 Å². The van der Waals surface area contributed by atoms with Crippen LogP contribution in [0.15, 0.2) is 36.7 Å². The van der Waals surface area contributed by atoms with Crippen LogP contribution in [0, 0.1) is 0 Å². The predicted octanol–water partition coefficient (Wildman–Crippen LogP) is 2.80. The zero-order chi connectivity index (χ0) is 13.4. The average Bonchev–Trinajstić information content (AvgIpc) is 3.06. The van der Waals surface area contributed by atoms with E-state index in [0.29, 0.717) is 0 Å². The van der Waals surface area contributed by atoms with Gasteiger partial charge in [0.2, 0.25) is 0 Å². The van der Waals surface area contributed by atoms with Gasteiger partial charge in [-0.1, -0.05) is 0 Å². The van der Waals surface area contributed by atoms with Gasteiger partial charge in [0.15, 0.2) is 0 Å². The number of aromatic nitrogens is 3. The highest BCUT2D eigenvalue weighted by Gasteiger charge is 2.14. The van der Waals surface area contributed by atoms with E-state index in [2.05, 4.69) is 10.1 Å². The fourth-order valence-electron chi connectivity index (χ4n) is 1.88. The third-order valence-corrected chi connectivity index (χ3v) is 4.12. The first-order valence-electron chi connectivity index (χ1n) is 5.78. The minimum Gasteiger partial charge on any atom is -0.478 e. The summed E-state index contributed by atoms with van der Waals surface area (Å²) in [6.45, 7) is 2.02. The van der Waals surface area contributed by atoms with Crippen LogP contribution in [0.3, 0.4) is 0 Å². The fraction of sp³-hybridized carbons (Fsp3) is 0.154. The van der Waals surface area contributed by atoms with E-state index in [1.165, 1.54) is 11.3 Å². The van der Waals surface area contributed by atoms with E-state index in [4.69, 9.17) is 5.11 Å². The van der Waals surface area contributed by atoms with Crippen molar-refractivity contribution in [3.8, 4) is 0 Å². The summed E-state index contributed by atoms with van der Waals surface area (Å²) in [5, 5.41) is 14.1. The molecule has 96 valence electrons. The van der Waals surface area contributed by atoms with Crippen molar-refractivity contribution < 1.29 is 9.90 Å². The third-order valence-electron chi connectivity index (χ3n) is 2.93. The molecular weight excluding hydrogens is 262 g/mol. The SMILES string of the molecule is CC(c1nc2ccc(C(=O)O)cc2s1)n1cccn1. The van der Waals surface area contributed by atoms with Crippen LogP contribution in [0.2, 0.25) is 0 Å². The number of rotatable bonds is 3. The number of nitrogens with zero attached hydrogens (tertiary/aromatic N) is 3. The van der Waals surface area contributed by atoms with Gasteiger partial charge in [0, 0.05) is 12.4 Å². The molecule has 1 unspecified atom stereocenters. The maximum Gasteiger partial charge on any atom is 0.335 e. The molecule has 5 nitrogen and oxygen atoms in total. The minimum absolute atomic E-state index is 0.0423. The molecule has 0 aliphatic rings. The zero-order valence-corrected chi connectivity index (χ0v) is 11.0. The highest BCUT2D eigenvalue weighted by Crippen LogP contribution is 2.28. The largest absolute Gasteiger partial charge is 0.478 e. The van der Waals surface area contributed by atoms with Gasteiger partial charge >= 0.3 is 5.97 Å². The van der Waals surface area contributed by atoms with E-state index in [1.54, 1.807) is 24.4 Å². The second kappa shape index (κ2) is 4.47. The molecular formula is C13H11N3O2S. The van der Waals surface area contributed by atoms with Crippen molar-refractivity contribution >= 4 is 27.5 Å². The van der Waals surface area contributed by atoms with Crippen LogP contribution in [-0.2, 0) is 0 Å². The molecule has 0 spiro atoms. The summed E-state index contributed by atoms with van der Waals surface area (Å²) >= 11 is 1.50. The van der Waals surface area contributed by atoms with Gasteiger partial charge in [-0.2, -0.15) is 5.10 Å². The number of hydrogen-bond acceptors (Lipinski definition) is 4. The molecule has 1 atom stereocenters. The molecule has 19 heavy (non-hydrogen) atoms. The predicted molar refractivity (Wildman–Crippen MR) is 72.6 cm³/mol. The van der Waals surface area contributed by atoms with E-state index >= 15 is 0 Å². The zero-order valence-electron chi connectivity index (χ0n) is 10.1. The lowest BCUT2D eigenvalue weighted by Crippen LogP contribution is -2.06. The highest BCUT2D eigenvalue weighted by molar-refractivity contribution is 7.18. The van der Waals surface area contributed by atoms with Crippen LogP contribution in [0.5, 0.6) is 0 Å². The molecule has 0 bridgehead atoms. The lowest BCUT2D eigenvalue weighted by molar-refractivity contribution is 0.0697. The minimum atomic E-state index is -0.919. The normalized spacial score (nSPS) is 12.7. The van der Waals surface area contributed by atoms with E-state index < -0.39 is 5.97 Å². The first-order chi connectivity index (χ1) is 9.15. The number of aromatic carboxylic acids is 1. The topological polar surface area (TPSA) is 68.0 Å². The van der Waals surface area contributed by atoms with Gasteiger partial charge in [-0.25, -0.2) is 9.78 Å². The van der Waals surface area contributed by atoms with Gasteiger partial charge in [0.25, 0.3) is 0 Å². The molecule has 0 aliphatic carbocycles. The summed E-state index contributed by atoms with van der Waals surface area (Å²) in [5.74, 6) is -0.919. The Labute approximate surface area is 113 Å². The van der Waals surface area contributed by atoms with Crippen LogP contribution in [0.25, 0.3) is 10.2 Å². The van der Waals surface area contributed by atoms with Gasteiger partial charge in [0.1, 0.15) is 11.0 Å². The summed E-state index contributed by atoms with van der Waals surface area (Å²) in [4.78, 5) is 15.5. The van der Waals surface area contributed by atoms with E-state index in [9.17, 15) is 4.79 Å². The van der Waals surface area contributed by atoms with Crippen LogP contribution in [0.1, 0.15) is 28.3 Å². The number of hydrogen-bond donors (Lipinski definition) is 1. The Morgan fingerprint density at radius 2 is 2.32 bits per heavy atom. The third kappa shape index (κ3) is 2.10. The van der Waals surface area contributed by atoms with Crippen molar-refractivity contribution in [2.45, 2.75) is 13.0 Å². The number of benzene rings is 1. The van der Waals surface area contributed by atoms with Crippen LogP contribution in [0.4, 0.5) is 0 Å². The summed E-state index contributed by atoms with van der Waals surface area (Å²) in [6, 6.07) is 6.89. The Kier molecular flexibility index (Phi) is 2.79. The fourth-order valence-corrected chi connectivity index (χ4v) is 2.93. The summed E-state index contributed by atoms with van der Waals surface area (Å²) in [5.41, 5.74) is 1.11. The van der Waals surface area contributed by atoms with Crippen LogP contribution in [-0.4, -0.2) is 25.8 Å². The van der Waals surface area contributed by atoms with Crippen LogP contribution < -0.4 is 0 Å². The van der Waals surface area contributed by atoms with Crippen molar-refractivity contribution in [1.82, 2.24) is 14.8 Å². The van der Waals surface area contributed by atoms with Gasteiger partial charge in [-0.05, 0) is 31.2 Å². The lowest BCUT2D eigenvalue weighted by Gasteiger charge is -2.07. The molecule has 0 radical (unpaired) electrons. The number of carboxylic acid groups (broad SMARTS) is 1. The maximum absolute atomic E-state index is 10.9. The monoisotopic (exact) mass is 273 g/mol. The Hall–Kier alpha value is -2.21. The Morgan fingerprint density at radius 3 is 3.00 bits per heavy atom. The molecule has 1 N–H and O–H groups in total. The van der Waals surface area contributed by atoms with Gasteiger partial charge < -0.3 is 5.11 Å². The molecule has 3 aromatic rings.